The molecule has 2 rings (SSSR count). The van der Waals surface area contributed by atoms with Gasteiger partial charge in [0.25, 0.3) is 0 Å². The number of rotatable bonds is 7. The lowest BCUT2D eigenvalue weighted by atomic mass is 10.1. The van der Waals surface area contributed by atoms with Gasteiger partial charge < -0.3 is 10.1 Å². The molecule has 0 fully saturated rings. The second kappa shape index (κ2) is 7.98. The fourth-order valence-corrected chi connectivity index (χ4v) is 2.78. The highest BCUT2D eigenvalue weighted by Gasteiger charge is 2.04. The molecule has 0 aliphatic carbocycles. The summed E-state index contributed by atoms with van der Waals surface area (Å²) in [5.74, 6) is 1.98. The Balaban J connectivity index is 1.73. The zero-order chi connectivity index (χ0) is 14.2. The van der Waals surface area contributed by atoms with E-state index in [1.165, 1.54) is 10.5 Å². The van der Waals surface area contributed by atoms with Crippen LogP contribution in [0.25, 0.3) is 0 Å². The molecule has 0 unspecified atom stereocenters. The van der Waals surface area contributed by atoms with E-state index in [2.05, 4.69) is 48.6 Å². The third-order valence-corrected chi connectivity index (χ3v) is 4.19. The maximum Gasteiger partial charge on any atom is 0.118 e. The Morgan fingerprint density at radius 2 is 1.75 bits per heavy atom. The highest BCUT2D eigenvalue weighted by atomic mass is 32.2. The van der Waals surface area contributed by atoms with E-state index in [0.29, 0.717) is 6.04 Å². The van der Waals surface area contributed by atoms with Crippen LogP contribution < -0.4 is 10.1 Å². The molecule has 0 aliphatic rings. The summed E-state index contributed by atoms with van der Waals surface area (Å²) >= 11 is 1.88. The van der Waals surface area contributed by atoms with Crippen LogP contribution in [0.15, 0.2) is 59.5 Å². The molecule has 0 spiro atoms. The Bertz CT molecular complexity index is 498. The molecule has 0 aliphatic heterocycles. The van der Waals surface area contributed by atoms with E-state index < -0.39 is 0 Å². The van der Waals surface area contributed by atoms with Gasteiger partial charge in [-0.1, -0.05) is 30.3 Å². The molecule has 0 aromatic heterocycles. The summed E-state index contributed by atoms with van der Waals surface area (Å²) in [6.07, 6.45) is 0. The number of ether oxygens (including phenoxy) is 1. The predicted molar refractivity (Wildman–Crippen MR) is 86.6 cm³/mol. The molecule has 20 heavy (non-hydrogen) atoms. The van der Waals surface area contributed by atoms with Gasteiger partial charge in [0.1, 0.15) is 5.75 Å². The Morgan fingerprint density at radius 3 is 2.40 bits per heavy atom. The predicted octanol–water partition coefficient (Wildman–Crippen LogP) is 4.14. The Morgan fingerprint density at radius 1 is 1.05 bits per heavy atom. The van der Waals surface area contributed by atoms with Crippen molar-refractivity contribution in [2.75, 3.05) is 19.4 Å². The van der Waals surface area contributed by atoms with E-state index in [9.17, 15) is 0 Å². The minimum atomic E-state index is 0.359. The Kier molecular flexibility index (Phi) is 5.96. The molecule has 106 valence electrons. The van der Waals surface area contributed by atoms with Crippen LogP contribution in [-0.2, 0) is 0 Å². The topological polar surface area (TPSA) is 21.3 Å². The van der Waals surface area contributed by atoms with Gasteiger partial charge in [0, 0.05) is 23.2 Å². The molecule has 0 saturated carbocycles. The van der Waals surface area contributed by atoms with Crippen LogP contribution in [0.1, 0.15) is 18.5 Å². The molecule has 0 amide bonds. The third kappa shape index (κ3) is 4.58. The maximum absolute atomic E-state index is 5.17. The first-order chi connectivity index (χ1) is 9.79. The van der Waals surface area contributed by atoms with Crippen LogP contribution in [0.5, 0.6) is 5.75 Å². The molecule has 0 bridgehead atoms. The van der Waals surface area contributed by atoms with Crippen molar-refractivity contribution in [2.45, 2.75) is 17.9 Å². The molecule has 2 aromatic carbocycles. The summed E-state index contributed by atoms with van der Waals surface area (Å²) in [6.45, 7) is 3.18. The molecule has 0 radical (unpaired) electrons. The molecule has 3 heteroatoms. The van der Waals surface area contributed by atoms with E-state index in [1.54, 1.807) is 7.11 Å². The molecule has 1 N–H and O–H groups in total. The SMILES string of the molecule is COc1ccc([C@H](C)NCCSc2ccccc2)cc1. The van der Waals surface area contributed by atoms with Crippen molar-refractivity contribution in [1.82, 2.24) is 5.32 Å². The number of thioether (sulfide) groups is 1. The van der Waals surface area contributed by atoms with Crippen LogP contribution in [0.3, 0.4) is 0 Å². The number of hydrogen-bond acceptors (Lipinski definition) is 3. The van der Waals surface area contributed by atoms with Crippen LogP contribution in [0, 0.1) is 0 Å². The molecule has 2 nitrogen and oxygen atoms in total. The van der Waals surface area contributed by atoms with Crippen LogP contribution in [0.2, 0.25) is 0 Å². The molecule has 2 aromatic rings. The highest BCUT2D eigenvalue weighted by Crippen LogP contribution is 2.18. The molecular weight excluding hydrogens is 266 g/mol. The van der Waals surface area contributed by atoms with Crippen molar-refractivity contribution < 1.29 is 4.74 Å². The first-order valence-corrected chi connectivity index (χ1v) is 7.83. The normalized spacial score (nSPS) is 12.1. The minimum Gasteiger partial charge on any atom is -0.497 e. The van der Waals surface area contributed by atoms with Crippen molar-refractivity contribution >= 4 is 11.8 Å². The fraction of sp³-hybridized carbons (Fsp3) is 0.294. The lowest BCUT2D eigenvalue weighted by molar-refractivity contribution is 0.414. The number of hydrogen-bond donors (Lipinski definition) is 1. The summed E-state index contributed by atoms with van der Waals surface area (Å²) in [5, 5.41) is 3.54. The zero-order valence-corrected chi connectivity index (χ0v) is 12.8. The van der Waals surface area contributed by atoms with Gasteiger partial charge in [0.05, 0.1) is 7.11 Å². The van der Waals surface area contributed by atoms with Crippen molar-refractivity contribution in [1.29, 1.82) is 0 Å². The molecule has 0 heterocycles. The smallest absolute Gasteiger partial charge is 0.118 e. The first kappa shape index (κ1) is 14.9. The van der Waals surface area contributed by atoms with Crippen LogP contribution >= 0.6 is 11.8 Å². The quantitative estimate of drug-likeness (QED) is 0.611. The standard InChI is InChI=1S/C17H21NOS/c1-14(15-8-10-16(19-2)11-9-15)18-12-13-20-17-6-4-3-5-7-17/h3-11,14,18H,12-13H2,1-2H3/t14-/m0/s1. The molecule has 1 atom stereocenters. The van der Waals surface area contributed by atoms with Gasteiger partial charge in [0.15, 0.2) is 0 Å². The largest absolute Gasteiger partial charge is 0.497 e. The van der Waals surface area contributed by atoms with Gasteiger partial charge >= 0.3 is 0 Å². The third-order valence-electron chi connectivity index (χ3n) is 3.18. The highest BCUT2D eigenvalue weighted by molar-refractivity contribution is 7.99. The average Bonchev–Trinajstić information content (AvgIpc) is 2.52. The summed E-state index contributed by atoms with van der Waals surface area (Å²) in [6, 6.07) is 19.1. The molecular formula is C17H21NOS. The monoisotopic (exact) mass is 287 g/mol. The Hall–Kier alpha value is -1.45. The summed E-state index contributed by atoms with van der Waals surface area (Å²) < 4.78 is 5.17. The van der Waals surface area contributed by atoms with Gasteiger partial charge in [-0.3, -0.25) is 0 Å². The van der Waals surface area contributed by atoms with E-state index in [1.807, 2.05) is 30.0 Å². The number of benzene rings is 2. The van der Waals surface area contributed by atoms with Gasteiger partial charge in [-0.15, -0.1) is 11.8 Å². The minimum absolute atomic E-state index is 0.359. The number of nitrogens with one attached hydrogen (secondary N) is 1. The first-order valence-electron chi connectivity index (χ1n) is 6.85. The van der Waals surface area contributed by atoms with Crippen molar-refractivity contribution in [3.63, 3.8) is 0 Å². The second-order valence-corrected chi connectivity index (χ2v) is 5.78. The van der Waals surface area contributed by atoms with Gasteiger partial charge in [-0.05, 0) is 36.8 Å². The van der Waals surface area contributed by atoms with Gasteiger partial charge in [-0.2, -0.15) is 0 Å². The fourth-order valence-electron chi connectivity index (χ4n) is 1.97. The van der Waals surface area contributed by atoms with Crippen LogP contribution in [-0.4, -0.2) is 19.4 Å². The Labute approximate surface area is 125 Å². The van der Waals surface area contributed by atoms with E-state index in [-0.39, 0.29) is 0 Å². The average molecular weight is 287 g/mol. The van der Waals surface area contributed by atoms with Gasteiger partial charge in [0.2, 0.25) is 0 Å². The van der Waals surface area contributed by atoms with Crippen molar-refractivity contribution in [2.24, 2.45) is 0 Å². The van der Waals surface area contributed by atoms with E-state index in [0.717, 1.165) is 18.0 Å². The van der Waals surface area contributed by atoms with Crippen LogP contribution in [0.4, 0.5) is 0 Å². The summed E-state index contributed by atoms with van der Waals surface area (Å²) in [5.41, 5.74) is 1.29. The summed E-state index contributed by atoms with van der Waals surface area (Å²) in [7, 11) is 1.69. The second-order valence-electron chi connectivity index (χ2n) is 4.61. The molecule has 0 saturated heterocycles. The van der Waals surface area contributed by atoms with E-state index >= 15 is 0 Å². The number of methoxy groups -OCH3 is 1. The maximum atomic E-state index is 5.17. The van der Waals surface area contributed by atoms with Gasteiger partial charge in [-0.25, -0.2) is 0 Å². The van der Waals surface area contributed by atoms with Crippen molar-refractivity contribution in [3.05, 3.63) is 60.2 Å². The summed E-state index contributed by atoms with van der Waals surface area (Å²) in [4.78, 5) is 1.33. The van der Waals surface area contributed by atoms with Crippen molar-refractivity contribution in [3.8, 4) is 5.75 Å². The lowest BCUT2D eigenvalue weighted by Gasteiger charge is -2.14. The zero-order valence-electron chi connectivity index (χ0n) is 12.0. The van der Waals surface area contributed by atoms with E-state index in [4.69, 9.17) is 4.74 Å². The lowest BCUT2D eigenvalue weighted by Crippen LogP contribution is -2.21.